The van der Waals surface area contributed by atoms with Gasteiger partial charge in [0.25, 0.3) is 5.91 Å². The van der Waals surface area contributed by atoms with Crippen molar-refractivity contribution in [1.82, 2.24) is 0 Å². The molecule has 7 nitrogen and oxygen atoms in total. The molecule has 0 aromatic heterocycles. The molecule has 0 radical (unpaired) electrons. The Labute approximate surface area is 162 Å². The van der Waals surface area contributed by atoms with E-state index >= 15 is 0 Å². The molecule has 2 aromatic carbocycles. The molecule has 28 heavy (non-hydrogen) atoms. The highest BCUT2D eigenvalue weighted by Gasteiger charge is 2.24. The van der Waals surface area contributed by atoms with E-state index in [9.17, 15) is 17.6 Å². The average Bonchev–Trinajstić information content (AvgIpc) is 2.69. The number of hydrogen-bond donors (Lipinski definition) is 1. The molecule has 1 fully saturated rings. The van der Waals surface area contributed by atoms with Gasteiger partial charge >= 0.3 is 0 Å². The van der Waals surface area contributed by atoms with Gasteiger partial charge < -0.3 is 19.7 Å². The number of nitrogens with one attached hydrogen (secondary N) is 1. The fourth-order valence-corrected chi connectivity index (χ4v) is 4.38. The molecule has 0 atom stereocenters. The van der Waals surface area contributed by atoms with E-state index in [1.165, 1.54) is 18.2 Å². The zero-order chi connectivity index (χ0) is 19.7. The number of carbonyl (C=O) groups excluding carboxylic acids is 1. The molecule has 2 heterocycles. The molecule has 0 aliphatic carbocycles. The van der Waals surface area contributed by atoms with Crippen molar-refractivity contribution in [3.8, 4) is 11.5 Å². The first-order valence-electron chi connectivity index (χ1n) is 8.87. The maximum atomic E-state index is 14.3. The van der Waals surface area contributed by atoms with Gasteiger partial charge in [-0.25, -0.2) is 12.8 Å². The van der Waals surface area contributed by atoms with Gasteiger partial charge in [-0.2, -0.15) is 0 Å². The maximum Gasteiger partial charge on any atom is 0.255 e. The van der Waals surface area contributed by atoms with Gasteiger partial charge in [0.2, 0.25) is 0 Å². The summed E-state index contributed by atoms with van der Waals surface area (Å²) >= 11 is 0. The number of carbonyl (C=O) groups is 1. The number of sulfone groups is 1. The molecule has 1 amide bonds. The Morgan fingerprint density at radius 3 is 2.46 bits per heavy atom. The summed E-state index contributed by atoms with van der Waals surface area (Å²) in [4.78, 5) is 14.2. The number of ether oxygens (including phenoxy) is 2. The first-order valence-corrected chi connectivity index (χ1v) is 10.7. The van der Waals surface area contributed by atoms with E-state index in [0.717, 1.165) is 0 Å². The van der Waals surface area contributed by atoms with Crippen molar-refractivity contribution in [3.05, 3.63) is 47.8 Å². The van der Waals surface area contributed by atoms with Gasteiger partial charge in [0.05, 0.1) is 17.2 Å². The minimum Gasteiger partial charge on any atom is -0.486 e. The summed E-state index contributed by atoms with van der Waals surface area (Å²) in [6.45, 7) is 1.33. The van der Waals surface area contributed by atoms with E-state index < -0.39 is 15.7 Å². The number of anilines is 2. The minimum absolute atomic E-state index is 0.0137. The zero-order valence-corrected chi connectivity index (χ0v) is 15.8. The zero-order valence-electron chi connectivity index (χ0n) is 15.0. The van der Waals surface area contributed by atoms with Crippen LogP contribution in [0.3, 0.4) is 0 Å². The SMILES string of the molecule is O=C(Nc1ccc(F)c(N2CCS(=O)(=O)CC2)c1)c1ccc2c(c1)OCCO2. The van der Waals surface area contributed by atoms with Crippen LogP contribution >= 0.6 is 0 Å². The van der Waals surface area contributed by atoms with E-state index in [1.807, 2.05) is 0 Å². The highest BCUT2D eigenvalue weighted by molar-refractivity contribution is 7.91. The van der Waals surface area contributed by atoms with Gasteiger partial charge in [0.15, 0.2) is 21.3 Å². The topological polar surface area (TPSA) is 84.9 Å². The van der Waals surface area contributed by atoms with Gasteiger partial charge in [-0.05, 0) is 36.4 Å². The lowest BCUT2D eigenvalue weighted by Crippen LogP contribution is -2.40. The number of amides is 1. The van der Waals surface area contributed by atoms with Crippen LogP contribution in [0.25, 0.3) is 0 Å². The van der Waals surface area contributed by atoms with Crippen LogP contribution in [0.1, 0.15) is 10.4 Å². The molecule has 1 N–H and O–H groups in total. The Kier molecular flexibility index (Phi) is 4.84. The van der Waals surface area contributed by atoms with E-state index in [0.29, 0.717) is 36.0 Å². The second-order valence-electron chi connectivity index (χ2n) is 6.62. The van der Waals surface area contributed by atoms with Crippen LogP contribution in [0, 0.1) is 5.82 Å². The number of nitrogens with zero attached hydrogens (tertiary/aromatic N) is 1. The maximum absolute atomic E-state index is 14.3. The van der Waals surface area contributed by atoms with Gasteiger partial charge in [-0.3, -0.25) is 4.79 Å². The summed E-state index contributed by atoms with van der Waals surface area (Å²) in [5.41, 5.74) is 1.08. The third-order valence-corrected chi connectivity index (χ3v) is 6.30. The Hall–Kier alpha value is -2.81. The molecule has 0 saturated carbocycles. The molecule has 9 heteroatoms. The van der Waals surface area contributed by atoms with Crippen LogP contribution in [-0.4, -0.2) is 52.1 Å². The molecule has 4 rings (SSSR count). The highest BCUT2D eigenvalue weighted by atomic mass is 32.2. The minimum atomic E-state index is -3.07. The first kappa shape index (κ1) is 18.5. The summed E-state index contributed by atoms with van der Waals surface area (Å²) in [6, 6.07) is 9.15. The molecule has 2 aliphatic rings. The first-order chi connectivity index (χ1) is 13.4. The van der Waals surface area contributed by atoms with Crippen molar-refractivity contribution < 1.29 is 27.1 Å². The molecule has 1 saturated heterocycles. The van der Waals surface area contributed by atoms with Crippen molar-refractivity contribution in [2.45, 2.75) is 0 Å². The fourth-order valence-electron chi connectivity index (χ4n) is 3.17. The van der Waals surface area contributed by atoms with Crippen molar-refractivity contribution in [1.29, 1.82) is 0 Å². The predicted octanol–water partition coefficient (Wildman–Crippen LogP) is 2.08. The lowest BCUT2D eigenvalue weighted by atomic mass is 10.1. The quantitative estimate of drug-likeness (QED) is 0.840. The molecule has 2 aliphatic heterocycles. The second kappa shape index (κ2) is 7.31. The molecular formula is C19H19FN2O5S. The monoisotopic (exact) mass is 406 g/mol. The normalized spacial score (nSPS) is 17.8. The van der Waals surface area contributed by atoms with Crippen LogP contribution in [-0.2, 0) is 9.84 Å². The third kappa shape index (κ3) is 3.89. The Morgan fingerprint density at radius 2 is 1.71 bits per heavy atom. The summed E-state index contributed by atoms with van der Waals surface area (Å²) in [5.74, 6) is 0.244. The highest BCUT2D eigenvalue weighted by Crippen LogP contribution is 2.31. The third-order valence-electron chi connectivity index (χ3n) is 4.69. The molecule has 0 unspecified atom stereocenters. The van der Waals surface area contributed by atoms with Crippen molar-refractivity contribution >= 4 is 27.1 Å². The fraction of sp³-hybridized carbons (Fsp3) is 0.316. The number of halogens is 1. The van der Waals surface area contributed by atoms with Crippen molar-refractivity contribution in [2.75, 3.05) is 48.0 Å². The van der Waals surface area contributed by atoms with Crippen LogP contribution in [0.15, 0.2) is 36.4 Å². The standard InChI is InChI=1S/C19H19FN2O5S/c20-15-3-2-14(12-16(15)22-5-9-28(24,25)10-6-22)21-19(23)13-1-4-17-18(11-13)27-8-7-26-17/h1-4,11-12H,5-10H2,(H,21,23). The van der Waals surface area contributed by atoms with E-state index in [4.69, 9.17) is 9.47 Å². The molecule has 0 spiro atoms. The Morgan fingerprint density at radius 1 is 1.00 bits per heavy atom. The largest absolute Gasteiger partial charge is 0.486 e. The second-order valence-corrected chi connectivity index (χ2v) is 8.92. The average molecular weight is 406 g/mol. The Bertz CT molecular complexity index is 1010. The smallest absolute Gasteiger partial charge is 0.255 e. The lowest BCUT2D eigenvalue weighted by molar-refractivity contribution is 0.102. The van der Waals surface area contributed by atoms with Gasteiger partial charge in [-0.15, -0.1) is 0 Å². The summed E-state index contributed by atoms with van der Waals surface area (Å²) < 4.78 is 48.4. The summed E-state index contributed by atoms with van der Waals surface area (Å²) in [6.07, 6.45) is 0. The summed E-state index contributed by atoms with van der Waals surface area (Å²) in [7, 11) is -3.07. The molecule has 2 aromatic rings. The van der Waals surface area contributed by atoms with Crippen molar-refractivity contribution in [3.63, 3.8) is 0 Å². The number of fused-ring (bicyclic) bond motifs is 1. The molecular weight excluding hydrogens is 387 g/mol. The summed E-state index contributed by atoms with van der Waals surface area (Å²) in [5, 5.41) is 2.74. The predicted molar refractivity (Wildman–Crippen MR) is 103 cm³/mol. The van der Waals surface area contributed by atoms with Gasteiger partial charge in [0.1, 0.15) is 19.0 Å². The van der Waals surface area contributed by atoms with E-state index in [1.54, 1.807) is 23.1 Å². The van der Waals surface area contributed by atoms with Crippen LogP contribution in [0.5, 0.6) is 11.5 Å². The number of rotatable bonds is 3. The lowest BCUT2D eigenvalue weighted by Gasteiger charge is -2.29. The number of benzene rings is 2. The van der Waals surface area contributed by atoms with Crippen LogP contribution in [0.2, 0.25) is 0 Å². The number of hydrogen-bond acceptors (Lipinski definition) is 6. The molecule has 148 valence electrons. The Balaban J connectivity index is 1.51. The van der Waals surface area contributed by atoms with Crippen LogP contribution in [0.4, 0.5) is 15.8 Å². The van der Waals surface area contributed by atoms with Gasteiger partial charge in [-0.1, -0.05) is 0 Å². The van der Waals surface area contributed by atoms with E-state index in [-0.39, 0.29) is 36.2 Å². The van der Waals surface area contributed by atoms with Crippen LogP contribution < -0.4 is 19.7 Å². The van der Waals surface area contributed by atoms with Gasteiger partial charge in [0, 0.05) is 24.3 Å². The molecule has 0 bridgehead atoms. The van der Waals surface area contributed by atoms with E-state index in [2.05, 4.69) is 5.32 Å². The van der Waals surface area contributed by atoms with Crippen molar-refractivity contribution in [2.24, 2.45) is 0 Å².